The third kappa shape index (κ3) is 2.23. The van der Waals surface area contributed by atoms with Crippen LogP contribution in [0.3, 0.4) is 0 Å². The lowest BCUT2D eigenvalue weighted by molar-refractivity contribution is -0.148. The lowest BCUT2D eigenvalue weighted by Gasteiger charge is -2.24. The van der Waals surface area contributed by atoms with Crippen LogP contribution in [0.1, 0.15) is 22.5 Å². The first-order valence-corrected chi connectivity index (χ1v) is 7.29. The fraction of sp³-hybridized carbons (Fsp3) is 0.375. The van der Waals surface area contributed by atoms with Gasteiger partial charge in [0.1, 0.15) is 0 Å². The van der Waals surface area contributed by atoms with E-state index in [9.17, 15) is 9.90 Å². The summed E-state index contributed by atoms with van der Waals surface area (Å²) in [5.74, 6) is -0.770. The molecule has 1 aliphatic rings. The highest BCUT2D eigenvalue weighted by Gasteiger charge is 2.45. The van der Waals surface area contributed by atoms with Gasteiger partial charge in [0.25, 0.3) is 0 Å². The molecule has 0 saturated carbocycles. The van der Waals surface area contributed by atoms with Gasteiger partial charge in [0.2, 0.25) is 0 Å². The summed E-state index contributed by atoms with van der Waals surface area (Å²) in [4.78, 5) is 12.0. The van der Waals surface area contributed by atoms with Gasteiger partial charge in [-0.05, 0) is 30.9 Å². The van der Waals surface area contributed by atoms with Crippen LogP contribution in [0.2, 0.25) is 5.02 Å². The van der Waals surface area contributed by atoms with Crippen LogP contribution < -0.4 is 0 Å². The van der Waals surface area contributed by atoms with Crippen molar-refractivity contribution in [3.63, 3.8) is 0 Å². The Labute approximate surface area is 128 Å². The molecule has 0 amide bonds. The van der Waals surface area contributed by atoms with Crippen molar-refractivity contribution in [3.8, 4) is 0 Å². The zero-order valence-corrected chi connectivity index (χ0v) is 12.8. The Hall–Kier alpha value is -1.81. The van der Waals surface area contributed by atoms with Crippen LogP contribution in [0.15, 0.2) is 24.3 Å². The Morgan fingerprint density at radius 1 is 1.38 bits per heavy atom. The van der Waals surface area contributed by atoms with E-state index in [2.05, 4.69) is 5.10 Å². The molecule has 3 rings (SSSR count). The number of hydrogen-bond acceptors (Lipinski definition) is 2. The fourth-order valence-corrected chi connectivity index (χ4v) is 3.47. The van der Waals surface area contributed by atoms with Crippen molar-refractivity contribution >= 4 is 17.6 Å². The molecule has 1 aromatic heterocycles. The Morgan fingerprint density at radius 3 is 2.38 bits per heavy atom. The average molecular weight is 305 g/mol. The van der Waals surface area contributed by atoms with Gasteiger partial charge in [-0.3, -0.25) is 9.48 Å². The lowest BCUT2D eigenvalue weighted by Crippen LogP contribution is -2.35. The van der Waals surface area contributed by atoms with E-state index in [1.54, 1.807) is 4.68 Å². The second kappa shape index (κ2) is 4.88. The van der Waals surface area contributed by atoms with Gasteiger partial charge >= 0.3 is 5.97 Å². The number of hydrogen-bond donors (Lipinski definition) is 1. The number of rotatable bonds is 3. The molecule has 0 bridgehead atoms. The summed E-state index contributed by atoms with van der Waals surface area (Å²) in [7, 11) is 1.81. The maximum absolute atomic E-state index is 12.0. The van der Waals surface area contributed by atoms with Gasteiger partial charge in [-0.2, -0.15) is 5.10 Å². The van der Waals surface area contributed by atoms with Crippen molar-refractivity contribution < 1.29 is 9.90 Å². The molecule has 1 N–H and O–H groups in total. The van der Waals surface area contributed by atoms with E-state index in [-0.39, 0.29) is 0 Å². The summed E-state index contributed by atoms with van der Waals surface area (Å²) in [6, 6.07) is 7.93. The second-order valence-electron chi connectivity index (χ2n) is 5.85. The van der Waals surface area contributed by atoms with Crippen molar-refractivity contribution in [2.45, 2.75) is 26.2 Å². The number of carbonyl (C=O) groups is 1. The van der Waals surface area contributed by atoms with E-state index >= 15 is 0 Å². The monoisotopic (exact) mass is 304 g/mol. The minimum atomic E-state index is -0.826. The van der Waals surface area contributed by atoms with E-state index in [0.717, 1.165) is 22.5 Å². The minimum absolute atomic E-state index is 0.396. The molecule has 1 aromatic carbocycles. The van der Waals surface area contributed by atoms with Crippen molar-refractivity contribution in [3.05, 3.63) is 51.8 Å². The number of carboxylic acid groups (broad SMARTS) is 1. The third-order valence-corrected chi connectivity index (χ3v) is 4.89. The molecular weight excluding hydrogens is 288 g/mol. The van der Waals surface area contributed by atoms with Gasteiger partial charge in [-0.15, -0.1) is 0 Å². The number of nitrogens with zero attached hydrogens (tertiary/aromatic N) is 2. The number of aliphatic carboxylic acids is 1. The molecule has 0 spiro atoms. The largest absolute Gasteiger partial charge is 0.481 e. The van der Waals surface area contributed by atoms with E-state index in [1.165, 1.54) is 0 Å². The maximum Gasteiger partial charge on any atom is 0.310 e. The van der Waals surface area contributed by atoms with Crippen molar-refractivity contribution in [1.29, 1.82) is 0 Å². The predicted octanol–water partition coefficient (Wildman–Crippen LogP) is 2.79. The summed E-state index contributed by atoms with van der Waals surface area (Å²) < 4.78 is 1.70. The first kappa shape index (κ1) is 14.1. The Balaban J connectivity index is 2.00. The average Bonchev–Trinajstić information content (AvgIpc) is 2.93. The molecule has 4 nitrogen and oxygen atoms in total. The Morgan fingerprint density at radius 2 is 1.95 bits per heavy atom. The first-order chi connectivity index (χ1) is 9.93. The third-order valence-electron chi connectivity index (χ3n) is 4.40. The highest BCUT2D eigenvalue weighted by Crippen LogP contribution is 2.41. The highest BCUT2D eigenvalue weighted by molar-refractivity contribution is 6.31. The zero-order valence-electron chi connectivity index (χ0n) is 12.1. The molecule has 0 unspecified atom stereocenters. The second-order valence-corrected chi connectivity index (χ2v) is 6.23. The van der Waals surface area contributed by atoms with E-state index < -0.39 is 11.4 Å². The summed E-state index contributed by atoms with van der Waals surface area (Å²) in [6.07, 6.45) is 1.48. The topological polar surface area (TPSA) is 55.1 Å². The molecule has 1 aliphatic carbocycles. The summed E-state index contributed by atoms with van der Waals surface area (Å²) in [6.45, 7) is 1.84. The predicted molar refractivity (Wildman–Crippen MR) is 80.6 cm³/mol. The van der Waals surface area contributed by atoms with Crippen molar-refractivity contribution in [2.24, 2.45) is 12.5 Å². The van der Waals surface area contributed by atoms with Crippen LogP contribution >= 0.6 is 11.6 Å². The minimum Gasteiger partial charge on any atom is -0.481 e. The zero-order chi connectivity index (χ0) is 15.2. The smallest absolute Gasteiger partial charge is 0.310 e. The number of carboxylic acids is 1. The van der Waals surface area contributed by atoms with Crippen LogP contribution in [-0.4, -0.2) is 20.9 Å². The number of fused-ring (bicyclic) bond motifs is 1. The van der Waals surface area contributed by atoms with Gasteiger partial charge in [0, 0.05) is 13.5 Å². The number of aromatic nitrogens is 2. The molecule has 5 heteroatoms. The number of benzene rings is 1. The van der Waals surface area contributed by atoms with Gasteiger partial charge in [0.05, 0.1) is 21.8 Å². The van der Waals surface area contributed by atoms with Crippen LogP contribution in [0, 0.1) is 12.3 Å². The Bertz CT molecular complexity index is 696. The summed E-state index contributed by atoms with van der Waals surface area (Å²) in [5, 5.41) is 14.7. The molecule has 0 radical (unpaired) electrons. The quantitative estimate of drug-likeness (QED) is 0.948. The molecule has 0 atom stereocenters. The van der Waals surface area contributed by atoms with Gasteiger partial charge in [0.15, 0.2) is 0 Å². The molecule has 21 heavy (non-hydrogen) atoms. The molecule has 110 valence electrons. The summed E-state index contributed by atoms with van der Waals surface area (Å²) >= 11 is 6.29. The Kier molecular flexibility index (Phi) is 3.29. The SMILES string of the molecule is Cc1nn(C)c(CC2(C(=O)O)Cc3ccccc3C2)c1Cl. The van der Waals surface area contributed by atoms with E-state index in [1.807, 2.05) is 38.2 Å². The summed E-state index contributed by atoms with van der Waals surface area (Å²) in [5.41, 5.74) is 2.95. The maximum atomic E-state index is 12.0. The van der Waals surface area contributed by atoms with Gasteiger partial charge in [-0.1, -0.05) is 35.9 Å². The molecule has 2 aromatic rings. The standard InChI is InChI=1S/C16H17ClN2O2/c1-10-14(17)13(19(2)18-10)9-16(15(20)21)7-11-5-3-4-6-12(11)8-16/h3-6H,7-9H2,1-2H3,(H,20,21). The fourth-order valence-electron chi connectivity index (χ4n) is 3.24. The lowest BCUT2D eigenvalue weighted by atomic mass is 9.80. The van der Waals surface area contributed by atoms with Gasteiger partial charge in [-0.25, -0.2) is 0 Å². The normalized spacial score (nSPS) is 16.0. The first-order valence-electron chi connectivity index (χ1n) is 6.91. The van der Waals surface area contributed by atoms with Crippen LogP contribution in [0.5, 0.6) is 0 Å². The van der Waals surface area contributed by atoms with Crippen LogP contribution in [-0.2, 0) is 31.1 Å². The van der Waals surface area contributed by atoms with Crippen LogP contribution in [0.4, 0.5) is 0 Å². The van der Waals surface area contributed by atoms with E-state index in [0.29, 0.717) is 24.3 Å². The highest BCUT2D eigenvalue weighted by atomic mass is 35.5. The van der Waals surface area contributed by atoms with E-state index in [4.69, 9.17) is 11.6 Å². The molecule has 0 aliphatic heterocycles. The molecule has 0 saturated heterocycles. The van der Waals surface area contributed by atoms with Crippen molar-refractivity contribution in [1.82, 2.24) is 9.78 Å². The van der Waals surface area contributed by atoms with Gasteiger partial charge < -0.3 is 5.11 Å². The number of aryl methyl sites for hydroxylation is 2. The van der Waals surface area contributed by atoms with Crippen molar-refractivity contribution in [2.75, 3.05) is 0 Å². The van der Waals surface area contributed by atoms with Crippen LogP contribution in [0.25, 0.3) is 0 Å². The molecule has 1 heterocycles. The molecule has 0 fully saturated rings. The number of halogens is 1. The molecular formula is C16H17ClN2O2.